The van der Waals surface area contributed by atoms with Crippen molar-refractivity contribution in [3.05, 3.63) is 27.7 Å². The number of hydrogen-bond acceptors (Lipinski definition) is 4. The van der Waals surface area contributed by atoms with Gasteiger partial charge in [0.05, 0.1) is 12.2 Å². The van der Waals surface area contributed by atoms with Crippen LogP contribution in [0.5, 0.6) is 0 Å². The lowest BCUT2D eigenvalue weighted by molar-refractivity contribution is -0.127. The first-order valence-electron chi connectivity index (χ1n) is 9.66. The first kappa shape index (κ1) is 16.8. The second-order valence-electron chi connectivity index (χ2n) is 8.05. The summed E-state index contributed by atoms with van der Waals surface area (Å²) < 4.78 is 1.69. The quantitative estimate of drug-likeness (QED) is 0.815. The van der Waals surface area contributed by atoms with Gasteiger partial charge in [-0.05, 0) is 43.6 Å². The Morgan fingerprint density at radius 3 is 2.72 bits per heavy atom. The van der Waals surface area contributed by atoms with Crippen molar-refractivity contribution in [2.24, 2.45) is 11.8 Å². The van der Waals surface area contributed by atoms with Crippen molar-refractivity contribution in [2.45, 2.75) is 45.6 Å². The first-order valence-corrected chi connectivity index (χ1v) is 9.66. The Morgan fingerprint density at radius 2 is 1.96 bits per heavy atom. The molecular formula is C19H28N4O2. The SMILES string of the molecule is CC(=O)N1CCC(CN2CC(Cn3nc4c(cc3=O)CCCC4)C2)C1. The molecule has 4 rings (SSSR count). The number of nitrogens with zero attached hydrogens (tertiary/aromatic N) is 4. The molecule has 3 aliphatic rings. The minimum absolute atomic E-state index is 0.0620. The summed E-state index contributed by atoms with van der Waals surface area (Å²) in [5, 5.41) is 4.63. The summed E-state index contributed by atoms with van der Waals surface area (Å²) in [6, 6.07) is 1.81. The van der Waals surface area contributed by atoms with Crippen LogP contribution in [0.3, 0.4) is 0 Å². The van der Waals surface area contributed by atoms with Gasteiger partial charge in [0.1, 0.15) is 0 Å². The average Bonchev–Trinajstić information content (AvgIpc) is 3.02. The second-order valence-corrected chi connectivity index (χ2v) is 8.05. The Labute approximate surface area is 148 Å². The number of aryl methyl sites for hydroxylation is 2. The molecule has 0 saturated carbocycles. The molecule has 1 aromatic heterocycles. The summed E-state index contributed by atoms with van der Waals surface area (Å²) in [7, 11) is 0. The standard InChI is InChI=1S/C19H28N4O2/c1-14(24)22-7-6-15(12-22)9-21-10-16(11-21)13-23-19(25)8-17-4-2-3-5-18(17)20-23/h8,15-16H,2-7,9-13H2,1H3. The fourth-order valence-electron chi connectivity index (χ4n) is 4.55. The Morgan fingerprint density at radius 1 is 1.16 bits per heavy atom. The van der Waals surface area contributed by atoms with E-state index < -0.39 is 0 Å². The summed E-state index contributed by atoms with van der Waals surface area (Å²) in [5.41, 5.74) is 2.36. The molecule has 1 unspecified atom stereocenters. The van der Waals surface area contributed by atoms with Gasteiger partial charge in [-0.25, -0.2) is 4.68 Å². The zero-order valence-corrected chi connectivity index (χ0v) is 15.1. The lowest BCUT2D eigenvalue weighted by atomic mass is 9.96. The smallest absolute Gasteiger partial charge is 0.267 e. The van der Waals surface area contributed by atoms with Crippen LogP contribution in [0.4, 0.5) is 0 Å². The first-order chi connectivity index (χ1) is 12.1. The molecule has 0 spiro atoms. The van der Waals surface area contributed by atoms with Crippen molar-refractivity contribution < 1.29 is 4.79 Å². The maximum Gasteiger partial charge on any atom is 0.267 e. The molecule has 2 aliphatic heterocycles. The minimum atomic E-state index is 0.0620. The van der Waals surface area contributed by atoms with Crippen LogP contribution in [0.25, 0.3) is 0 Å². The molecule has 6 heteroatoms. The van der Waals surface area contributed by atoms with E-state index in [0.717, 1.165) is 64.2 Å². The van der Waals surface area contributed by atoms with E-state index in [9.17, 15) is 9.59 Å². The van der Waals surface area contributed by atoms with Crippen LogP contribution in [0.1, 0.15) is 37.4 Å². The molecule has 1 aliphatic carbocycles. The lowest BCUT2D eigenvalue weighted by Gasteiger charge is -2.40. The Bertz CT molecular complexity index is 708. The molecular weight excluding hydrogens is 316 g/mol. The monoisotopic (exact) mass is 344 g/mol. The third kappa shape index (κ3) is 3.64. The van der Waals surface area contributed by atoms with E-state index in [-0.39, 0.29) is 11.5 Å². The average molecular weight is 344 g/mol. The number of amides is 1. The van der Waals surface area contributed by atoms with Crippen LogP contribution >= 0.6 is 0 Å². The van der Waals surface area contributed by atoms with E-state index in [1.165, 1.54) is 18.4 Å². The van der Waals surface area contributed by atoms with Crippen LogP contribution in [0.2, 0.25) is 0 Å². The van der Waals surface area contributed by atoms with Crippen LogP contribution in [-0.2, 0) is 24.2 Å². The lowest BCUT2D eigenvalue weighted by Crippen LogP contribution is -2.51. The van der Waals surface area contributed by atoms with Crippen molar-refractivity contribution in [3.8, 4) is 0 Å². The number of likely N-dealkylation sites (tertiary alicyclic amines) is 2. The maximum absolute atomic E-state index is 12.3. The fraction of sp³-hybridized carbons (Fsp3) is 0.737. The molecule has 136 valence electrons. The maximum atomic E-state index is 12.3. The van der Waals surface area contributed by atoms with E-state index >= 15 is 0 Å². The zero-order chi connectivity index (χ0) is 17.4. The van der Waals surface area contributed by atoms with Crippen molar-refractivity contribution in [3.63, 3.8) is 0 Å². The Balaban J connectivity index is 1.28. The number of hydrogen-bond donors (Lipinski definition) is 0. The molecule has 0 aromatic carbocycles. The normalized spacial score (nSPS) is 24.2. The molecule has 0 N–H and O–H groups in total. The van der Waals surface area contributed by atoms with Crippen LogP contribution < -0.4 is 5.56 Å². The minimum Gasteiger partial charge on any atom is -0.343 e. The molecule has 25 heavy (non-hydrogen) atoms. The third-order valence-electron chi connectivity index (χ3n) is 5.99. The van der Waals surface area contributed by atoms with Gasteiger partial charge >= 0.3 is 0 Å². The van der Waals surface area contributed by atoms with Gasteiger partial charge < -0.3 is 9.80 Å². The van der Waals surface area contributed by atoms with E-state index in [0.29, 0.717) is 11.8 Å². The van der Waals surface area contributed by atoms with Crippen LogP contribution in [0.15, 0.2) is 10.9 Å². The Hall–Kier alpha value is -1.69. The Kier molecular flexibility index (Phi) is 4.63. The number of carbonyl (C=O) groups excluding carboxylic acids is 1. The van der Waals surface area contributed by atoms with Gasteiger partial charge in [0.2, 0.25) is 5.91 Å². The summed E-state index contributed by atoms with van der Waals surface area (Å²) in [6.45, 7) is 7.38. The van der Waals surface area contributed by atoms with E-state index in [2.05, 4.69) is 10.00 Å². The van der Waals surface area contributed by atoms with Gasteiger partial charge in [0, 0.05) is 51.6 Å². The molecule has 0 bridgehead atoms. The highest BCUT2D eigenvalue weighted by molar-refractivity contribution is 5.73. The molecule has 0 radical (unpaired) electrons. The highest BCUT2D eigenvalue weighted by atomic mass is 16.2. The molecule has 1 aromatic rings. The van der Waals surface area contributed by atoms with E-state index in [1.54, 1.807) is 11.6 Å². The highest BCUT2D eigenvalue weighted by Crippen LogP contribution is 2.23. The zero-order valence-electron chi connectivity index (χ0n) is 15.1. The van der Waals surface area contributed by atoms with Crippen molar-refractivity contribution in [1.29, 1.82) is 0 Å². The molecule has 1 amide bonds. The van der Waals surface area contributed by atoms with E-state index in [4.69, 9.17) is 0 Å². The topological polar surface area (TPSA) is 58.4 Å². The second kappa shape index (κ2) is 6.90. The third-order valence-corrected chi connectivity index (χ3v) is 5.99. The molecule has 6 nitrogen and oxygen atoms in total. The predicted octanol–water partition coefficient (Wildman–Crippen LogP) is 0.922. The van der Waals surface area contributed by atoms with Crippen molar-refractivity contribution in [1.82, 2.24) is 19.6 Å². The summed E-state index contributed by atoms with van der Waals surface area (Å²) in [5.74, 6) is 1.33. The van der Waals surface area contributed by atoms with Crippen LogP contribution in [0, 0.1) is 11.8 Å². The largest absolute Gasteiger partial charge is 0.343 e. The van der Waals surface area contributed by atoms with Gasteiger partial charge in [-0.2, -0.15) is 5.10 Å². The summed E-state index contributed by atoms with van der Waals surface area (Å²) in [6.07, 6.45) is 5.51. The molecule has 3 heterocycles. The van der Waals surface area contributed by atoms with Crippen molar-refractivity contribution in [2.75, 3.05) is 32.7 Å². The van der Waals surface area contributed by atoms with Gasteiger partial charge in [0.25, 0.3) is 5.56 Å². The van der Waals surface area contributed by atoms with Gasteiger partial charge in [-0.3, -0.25) is 9.59 Å². The van der Waals surface area contributed by atoms with Gasteiger partial charge in [-0.1, -0.05) is 0 Å². The number of rotatable bonds is 4. The number of fused-ring (bicyclic) bond motifs is 1. The van der Waals surface area contributed by atoms with Crippen LogP contribution in [-0.4, -0.2) is 58.2 Å². The van der Waals surface area contributed by atoms with Crippen molar-refractivity contribution >= 4 is 5.91 Å². The molecule has 2 saturated heterocycles. The highest BCUT2D eigenvalue weighted by Gasteiger charge is 2.32. The summed E-state index contributed by atoms with van der Waals surface area (Å²) >= 11 is 0. The number of carbonyl (C=O) groups is 1. The predicted molar refractivity (Wildman–Crippen MR) is 95.4 cm³/mol. The molecule has 2 fully saturated rings. The molecule has 1 atom stereocenters. The van der Waals surface area contributed by atoms with E-state index in [1.807, 2.05) is 11.0 Å². The fourth-order valence-corrected chi connectivity index (χ4v) is 4.55. The van der Waals surface area contributed by atoms with Gasteiger partial charge in [-0.15, -0.1) is 0 Å². The van der Waals surface area contributed by atoms with Gasteiger partial charge in [0.15, 0.2) is 0 Å². The number of aromatic nitrogens is 2. The summed E-state index contributed by atoms with van der Waals surface area (Å²) in [4.78, 5) is 28.1.